The van der Waals surface area contributed by atoms with E-state index in [0.717, 1.165) is 23.6 Å². The van der Waals surface area contributed by atoms with Crippen LogP contribution in [0.4, 0.5) is 0 Å². The third-order valence-electron chi connectivity index (χ3n) is 3.10. The van der Waals surface area contributed by atoms with E-state index in [4.69, 9.17) is 21.1 Å². The molecule has 0 aromatic heterocycles. The first-order valence-electron chi connectivity index (χ1n) is 6.97. The highest BCUT2D eigenvalue weighted by Crippen LogP contribution is 2.22. The lowest BCUT2D eigenvalue weighted by molar-refractivity contribution is 0.340. The fraction of sp³-hybridized carbons (Fsp3) is 0.294. The second kappa shape index (κ2) is 7.91. The van der Waals surface area contributed by atoms with Crippen molar-refractivity contribution in [3.05, 3.63) is 58.6 Å². The van der Waals surface area contributed by atoms with Gasteiger partial charge in [-0.15, -0.1) is 0 Å². The summed E-state index contributed by atoms with van der Waals surface area (Å²) in [5.41, 5.74) is 2.23. The first-order chi connectivity index (χ1) is 10.2. The van der Waals surface area contributed by atoms with Crippen molar-refractivity contribution in [2.75, 3.05) is 13.7 Å². The maximum absolute atomic E-state index is 6.03. The molecule has 112 valence electrons. The zero-order chi connectivity index (χ0) is 15.1. The van der Waals surface area contributed by atoms with E-state index >= 15 is 0 Å². The van der Waals surface area contributed by atoms with Crippen LogP contribution in [-0.2, 0) is 13.1 Å². The van der Waals surface area contributed by atoms with Crippen molar-refractivity contribution in [3.8, 4) is 11.5 Å². The second-order valence-corrected chi connectivity index (χ2v) is 5.08. The predicted octanol–water partition coefficient (Wildman–Crippen LogP) is 4.04. The molecule has 3 nitrogen and oxygen atoms in total. The fourth-order valence-corrected chi connectivity index (χ4v) is 2.33. The number of rotatable bonds is 7. The Morgan fingerprint density at radius 1 is 1.10 bits per heavy atom. The summed E-state index contributed by atoms with van der Waals surface area (Å²) in [6.45, 7) is 4.12. The Morgan fingerprint density at radius 2 is 1.95 bits per heavy atom. The number of halogens is 1. The van der Waals surface area contributed by atoms with Crippen molar-refractivity contribution < 1.29 is 9.47 Å². The molecule has 0 spiro atoms. The zero-order valence-corrected chi connectivity index (χ0v) is 13.1. The minimum atomic E-state index is 0.677. The van der Waals surface area contributed by atoms with Crippen LogP contribution in [0.1, 0.15) is 18.1 Å². The molecule has 0 saturated carbocycles. The molecule has 21 heavy (non-hydrogen) atoms. The van der Waals surface area contributed by atoms with Gasteiger partial charge in [-0.3, -0.25) is 0 Å². The van der Waals surface area contributed by atoms with Crippen LogP contribution >= 0.6 is 11.6 Å². The van der Waals surface area contributed by atoms with E-state index in [2.05, 4.69) is 11.4 Å². The van der Waals surface area contributed by atoms with E-state index in [0.29, 0.717) is 18.2 Å². The molecule has 0 atom stereocenters. The molecule has 0 amide bonds. The van der Waals surface area contributed by atoms with Gasteiger partial charge < -0.3 is 14.8 Å². The van der Waals surface area contributed by atoms with E-state index < -0.39 is 0 Å². The summed E-state index contributed by atoms with van der Waals surface area (Å²) in [6.07, 6.45) is 0. The molecule has 0 unspecified atom stereocenters. The maximum atomic E-state index is 6.03. The van der Waals surface area contributed by atoms with Crippen molar-refractivity contribution in [3.63, 3.8) is 0 Å². The normalized spacial score (nSPS) is 10.4. The minimum absolute atomic E-state index is 0.677. The van der Waals surface area contributed by atoms with Gasteiger partial charge in [0.25, 0.3) is 0 Å². The summed E-state index contributed by atoms with van der Waals surface area (Å²) in [5.74, 6) is 1.74. The number of methoxy groups -OCH3 is 1. The molecular weight excluding hydrogens is 286 g/mol. The molecular formula is C17H20ClNO2. The van der Waals surface area contributed by atoms with E-state index in [1.807, 2.05) is 43.3 Å². The van der Waals surface area contributed by atoms with Crippen molar-refractivity contribution >= 4 is 11.6 Å². The average molecular weight is 306 g/mol. The third-order valence-corrected chi connectivity index (χ3v) is 3.33. The molecule has 1 N–H and O–H groups in total. The van der Waals surface area contributed by atoms with Gasteiger partial charge in [0.15, 0.2) is 0 Å². The number of nitrogens with one attached hydrogen (secondary N) is 1. The topological polar surface area (TPSA) is 30.5 Å². The molecule has 0 saturated heterocycles. The number of hydrogen-bond acceptors (Lipinski definition) is 3. The smallest absolute Gasteiger partial charge is 0.123 e. The molecule has 0 aliphatic carbocycles. The van der Waals surface area contributed by atoms with Crippen LogP contribution in [0.25, 0.3) is 0 Å². The van der Waals surface area contributed by atoms with Gasteiger partial charge in [0.2, 0.25) is 0 Å². The highest BCUT2D eigenvalue weighted by atomic mass is 35.5. The van der Waals surface area contributed by atoms with Gasteiger partial charge in [0.05, 0.1) is 13.7 Å². The van der Waals surface area contributed by atoms with Crippen LogP contribution in [0.3, 0.4) is 0 Å². The molecule has 2 rings (SSSR count). The Morgan fingerprint density at radius 3 is 2.71 bits per heavy atom. The largest absolute Gasteiger partial charge is 0.496 e. The summed E-state index contributed by atoms with van der Waals surface area (Å²) in [5, 5.41) is 4.11. The average Bonchev–Trinajstić information content (AvgIpc) is 2.48. The maximum Gasteiger partial charge on any atom is 0.123 e. The van der Waals surface area contributed by atoms with Crippen LogP contribution in [0.2, 0.25) is 5.02 Å². The lowest BCUT2D eigenvalue weighted by atomic mass is 10.2. The lowest BCUT2D eigenvalue weighted by Crippen LogP contribution is -2.13. The second-order valence-electron chi connectivity index (χ2n) is 4.64. The van der Waals surface area contributed by atoms with Crippen LogP contribution < -0.4 is 14.8 Å². The monoisotopic (exact) mass is 305 g/mol. The Kier molecular flexibility index (Phi) is 5.90. The lowest BCUT2D eigenvalue weighted by Gasteiger charge is -2.11. The SMILES string of the molecule is CCOc1cccc(CNCc2cc(Cl)ccc2OC)c1. The van der Waals surface area contributed by atoms with Crippen molar-refractivity contribution in [1.29, 1.82) is 0 Å². The Labute approximate surface area is 130 Å². The molecule has 2 aromatic rings. The zero-order valence-electron chi connectivity index (χ0n) is 12.4. The Bertz CT molecular complexity index is 587. The molecule has 2 aromatic carbocycles. The standard InChI is InChI=1S/C17H20ClNO2/c1-3-21-16-6-4-5-13(9-16)11-19-12-14-10-15(18)7-8-17(14)20-2/h4-10,19H,3,11-12H2,1-2H3. The predicted molar refractivity (Wildman–Crippen MR) is 86.2 cm³/mol. The van der Waals surface area contributed by atoms with Gasteiger partial charge in [-0.2, -0.15) is 0 Å². The first-order valence-corrected chi connectivity index (χ1v) is 7.35. The highest BCUT2D eigenvalue weighted by molar-refractivity contribution is 6.30. The number of benzene rings is 2. The van der Waals surface area contributed by atoms with Gasteiger partial charge >= 0.3 is 0 Å². The van der Waals surface area contributed by atoms with E-state index in [-0.39, 0.29) is 0 Å². The number of hydrogen-bond donors (Lipinski definition) is 1. The Hall–Kier alpha value is -1.71. The summed E-state index contributed by atoms with van der Waals surface area (Å²) >= 11 is 6.03. The van der Waals surface area contributed by atoms with Crippen LogP contribution in [-0.4, -0.2) is 13.7 Å². The van der Waals surface area contributed by atoms with Gasteiger partial charge in [0.1, 0.15) is 11.5 Å². The van der Waals surface area contributed by atoms with Gasteiger partial charge in [-0.25, -0.2) is 0 Å². The molecule has 0 aliphatic rings. The van der Waals surface area contributed by atoms with Crippen molar-refractivity contribution in [2.24, 2.45) is 0 Å². The third kappa shape index (κ3) is 4.66. The van der Waals surface area contributed by atoms with Crippen molar-refractivity contribution in [1.82, 2.24) is 5.32 Å². The summed E-state index contributed by atoms with van der Waals surface area (Å²) in [7, 11) is 1.66. The van der Waals surface area contributed by atoms with Crippen molar-refractivity contribution in [2.45, 2.75) is 20.0 Å². The molecule has 0 fully saturated rings. The Balaban J connectivity index is 1.95. The highest BCUT2D eigenvalue weighted by Gasteiger charge is 2.04. The fourth-order valence-electron chi connectivity index (χ4n) is 2.14. The molecule has 0 radical (unpaired) electrons. The molecule has 4 heteroatoms. The van der Waals surface area contributed by atoms with E-state index in [1.54, 1.807) is 7.11 Å². The molecule has 0 bridgehead atoms. The summed E-state index contributed by atoms with van der Waals surface area (Å²) < 4.78 is 10.8. The molecule has 0 heterocycles. The molecule has 0 aliphatic heterocycles. The van der Waals surface area contributed by atoms with Gasteiger partial charge in [-0.05, 0) is 42.8 Å². The van der Waals surface area contributed by atoms with E-state index in [1.165, 1.54) is 5.56 Å². The quantitative estimate of drug-likeness (QED) is 0.837. The summed E-state index contributed by atoms with van der Waals surface area (Å²) in [4.78, 5) is 0. The van der Waals surface area contributed by atoms with Gasteiger partial charge in [0, 0.05) is 23.7 Å². The first kappa shape index (κ1) is 15.7. The summed E-state index contributed by atoms with van der Waals surface area (Å²) in [6, 6.07) is 13.7. The van der Waals surface area contributed by atoms with Crippen LogP contribution in [0, 0.1) is 0 Å². The van der Waals surface area contributed by atoms with Crippen LogP contribution in [0.15, 0.2) is 42.5 Å². The van der Waals surface area contributed by atoms with E-state index in [9.17, 15) is 0 Å². The number of ether oxygens (including phenoxy) is 2. The minimum Gasteiger partial charge on any atom is -0.496 e. The van der Waals surface area contributed by atoms with Crippen LogP contribution in [0.5, 0.6) is 11.5 Å². The van der Waals surface area contributed by atoms with Gasteiger partial charge in [-0.1, -0.05) is 23.7 Å².